The Morgan fingerprint density at radius 1 is 1.06 bits per heavy atom. The summed E-state index contributed by atoms with van der Waals surface area (Å²) in [5.74, 6) is 0.655. The first-order valence-corrected chi connectivity index (χ1v) is 11.0. The summed E-state index contributed by atoms with van der Waals surface area (Å²) < 4.78 is 11.4. The predicted molar refractivity (Wildman–Crippen MR) is 121 cm³/mol. The molecule has 8 nitrogen and oxygen atoms in total. The Labute approximate surface area is 188 Å². The Balaban J connectivity index is 1.40. The third-order valence-corrected chi connectivity index (χ3v) is 6.30. The molecule has 0 aliphatic carbocycles. The van der Waals surface area contributed by atoms with E-state index in [1.807, 2.05) is 42.5 Å². The Morgan fingerprint density at radius 3 is 2.44 bits per heavy atom. The minimum atomic E-state index is -0.823. The smallest absolute Gasteiger partial charge is 0.251 e. The quantitative estimate of drug-likeness (QED) is 0.583. The van der Waals surface area contributed by atoms with E-state index < -0.39 is 18.3 Å². The Morgan fingerprint density at radius 2 is 1.75 bits per heavy atom. The van der Waals surface area contributed by atoms with Crippen molar-refractivity contribution < 1.29 is 24.5 Å². The molecule has 3 N–H and O–H groups in total. The molecule has 2 aromatic carbocycles. The topological polar surface area (TPSA) is 94.5 Å². The van der Waals surface area contributed by atoms with Crippen molar-refractivity contribution in [2.24, 2.45) is 0 Å². The van der Waals surface area contributed by atoms with Gasteiger partial charge >= 0.3 is 0 Å². The Hall–Kier alpha value is -2.65. The zero-order valence-electron chi connectivity index (χ0n) is 18.3. The second-order valence-electron chi connectivity index (χ2n) is 8.15. The highest BCUT2D eigenvalue weighted by atomic mass is 16.5. The molecule has 2 aromatic rings. The first-order valence-electron chi connectivity index (χ1n) is 11.0. The van der Waals surface area contributed by atoms with Gasteiger partial charge in [0.2, 0.25) is 0 Å². The van der Waals surface area contributed by atoms with E-state index in [0.717, 1.165) is 37.6 Å². The van der Waals surface area contributed by atoms with Crippen LogP contribution in [0.15, 0.2) is 54.6 Å². The number of benzene rings is 2. The van der Waals surface area contributed by atoms with Gasteiger partial charge in [-0.15, -0.1) is 0 Å². The van der Waals surface area contributed by atoms with Crippen LogP contribution in [0, 0.1) is 0 Å². The molecule has 8 heteroatoms. The SMILES string of the molecule is COc1ccccc1N1CCN(C2C(CNC(=O)c3ccccc3)OC(CO)C2O)CC1. The zero-order valence-corrected chi connectivity index (χ0v) is 18.3. The maximum Gasteiger partial charge on any atom is 0.251 e. The van der Waals surface area contributed by atoms with E-state index >= 15 is 0 Å². The van der Waals surface area contributed by atoms with E-state index in [9.17, 15) is 15.0 Å². The molecule has 4 rings (SSSR count). The molecule has 2 aliphatic rings. The lowest BCUT2D eigenvalue weighted by molar-refractivity contribution is -0.0209. The monoisotopic (exact) mass is 441 g/mol. The van der Waals surface area contributed by atoms with Crippen LogP contribution in [0.5, 0.6) is 5.75 Å². The van der Waals surface area contributed by atoms with Gasteiger partial charge in [0.15, 0.2) is 0 Å². The maximum atomic E-state index is 12.5. The molecule has 1 amide bonds. The molecule has 2 saturated heterocycles. The Bertz CT molecular complexity index is 888. The minimum absolute atomic E-state index is 0.184. The van der Waals surface area contributed by atoms with Crippen LogP contribution in [-0.4, -0.2) is 91.8 Å². The highest BCUT2D eigenvalue weighted by Crippen LogP contribution is 2.31. The molecule has 0 aromatic heterocycles. The van der Waals surface area contributed by atoms with Crippen LogP contribution in [0.25, 0.3) is 0 Å². The van der Waals surface area contributed by atoms with Crippen LogP contribution in [0.2, 0.25) is 0 Å². The average molecular weight is 442 g/mol. The van der Waals surface area contributed by atoms with Crippen molar-refractivity contribution in [3.05, 3.63) is 60.2 Å². The van der Waals surface area contributed by atoms with Crippen molar-refractivity contribution >= 4 is 11.6 Å². The largest absolute Gasteiger partial charge is 0.495 e. The van der Waals surface area contributed by atoms with Crippen molar-refractivity contribution in [3.8, 4) is 5.75 Å². The van der Waals surface area contributed by atoms with Gasteiger partial charge < -0.3 is 29.9 Å². The van der Waals surface area contributed by atoms with Crippen LogP contribution in [0.3, 0.4) is 0 Å². The molecule has 2 fully saturated rings. The second kappa shape index (κ2) is 10.3. The van der Waals surface area contributed by atoms with E-state index in [1.165, 1.54) is 0 Å². The van der Waals surface area contributed by atoms with Gasteiger partial charge in [-0.2, -0.15) is 0 Å². The number of methoxy groups -OCH3 is 1. The number of hydrogen-bond acceptors (Lipinski definition) is 7. The number of carbonyl (C=O) groups excluding carboxylic acids is 1. The first-order chi connectivity index (χ1) is 15.6. The number of amides is 1. The van der Waals surface area contributed by atoms with Crippen molar-refractivity contribution in [3.63, 3.8) is 0 Å². The lowest BCUT2D eigenvalue weighted by Crippen LogP contribution is -2.57. The van der Waals surface area contributed by atoms with Crippen molar-refractivity contribution in [2.75, 3.05) is 51.3 Å². The van der Waals surface area contributed by atoms with Gasteiger partial charge in [0.1, 0.15) is 18.0 Å². The summed E-state index contributed by atoms with van der Waals surface area (Å²) in [6, 6.07) is 16.6. The van der Waals surface area contributed by atoms with Gasteiger partial charge in [-0.3, -0.25) is 9.69 Å². The molecule has 0 saturated carbocycles. The van der Waals surface area contributed by atoms with Crippen LogP contribution in [0.1, 0.15) is 10.4 Å². The minimum Gasteiger partial charge on any atom is -0.495 e. The van der Waals surface area contributed by atoms with E-state index in [4.69, 9.17) is 9.47 Å². The normalized spacial score (nSPS) is 26.2. The highest BCUT2D eigenvalue weighted by Gasteiger charge is 2.46. The van der Waals surface area contributed by atoms with Crippen molar-refractivity contribution in [2.45, 2.75) is 24.4 Å². The number of rotatable bonds is 7. The standard InChI is InChI=1S/C24H31N3O5/c1-31-19-10-6-5-9-18(19)26-11-13-27(14-12-26)22-20(32-21(16-28)23(22)29)15-25-24(30)17-7-3-2-4-8-17/h2-10,20-23,28-29H,11-16H2,1H3,(H,25,30). The lowest BCUT2D eigenvalue weighted by Gasteiger charge is -2.41. The fourth-order valence-electron chi connectivity index (χ4n) is 4.63. The molecule has 4 unspecified atom stereocenters. The van der Waals surface area contributed by atoms with Gasteiger partial charge in [0, 0.05) is 38.3 Å². The molecule has 0 radical (unpaired) electrons. The summed E-state index contributed by atoms with van der Waals surface area (Å²) in [4.78, 5) is 16.9. The van der Waals surface area contributed by atoms with Gasteiger partial charge in [0.25, 0.3) is 5.91 Å². The summed E-state index contributed by atoms with van der Waals surface area (Å²) >= 11 is 0. The lowest BCUT2D eigenvalue weighted by atomic mass is 10.0. The number of nitrogens with one attached hydrogen (secondary N) is 1. The highest BCUT2D eigenvalue weighted by molar-refractivity contribution is 5.94. The number of carbonyl (C=O) groups is 1. The van der Waals surface area contributed by atoms with E-state index in [1.54, 1.807) is 19.2 Å². The van der Waals surface area contributed by atoms with Crippen LogP contribution >= 0.6 is 0 Å². The van der Waals surface area contributed by atoms with E-state index in [2.05, 4.69) is 15.1 Å². The third kappa shape index (κ3) is 4.73. The second-order valence-corrected chi connectivity index (χ2v) is 8.15. The zero-order chi connectivity index (χ0) is 22.5. The summed E-state index contributed by atoms with van der Waals surface area (Å²) in [5, 5.41) is 23.4. The number of anilines is 1. The molecule has 4 atom stereocenters. The van der Waals surface area contributed by atoms with Crippen molar-refractivity contribution in [1.82, 2.24) is 10.2 Å². The van der Waals surface area contributed by atoms with E-state index in [-0.39, 0.29) is 25.1 Å². The molecular formula is C24H31N3O5. The predicted octanol–water partition coefficient (Wildman–Crippen LogP) is 0.736. The van der Waals surface area contributed by atoms with Crippen molar-refractivity contribution in [1.29, 1.82) is 0 Å². The molecular weight excluding hydrogens is 410 g/mol. The fourth-order valence-corrected chi connectivity index (χ4v) is 4.63. The first kappa shape index (κ1) is 22.5. The number of aliphatic hydroxyl groups excluding tert-OH is 2. The van der Waals surface area contributed by atoms with Gasteiger partial charge in [0.05, 0.1) is 31.5 Å². The third-order valence-electron chi connectivity index (χ3n) is 6.30. The van der Waals surface area contributed by atoms with Gasteiger partial charge in [-0.1, -0.05) is 30.3 Å². The number of para-hydroxylation sites is 2. The Kier molecular flexibility index (Phi) is 7.26. The fraction of sp³-hybridized carbons (Fsp3) is 0.458. The van der Waals surface area contributed by atoms with Crippen LogP contribution < -0.4 is 15.0 Å². The number of hydrogen-bond donors (Lipinski definition) is 3. The summed E-state index contributed by atoms with van der Waals surface area (Å²) in [5.41, 5.74) is 1.63. The van der Waals surface area contributed by atoms with E-state index in [0.29, 0.717) is 5.56 Å². The number of aliphatic hydroxyl groups is 2. The summed E-state index contributed by atoms with van der Waals surface area (Å²) in [6.07, 6.45) is -1.89. The van der Waals surface area contributed by atoms with Crippen LogP contribution in [-0.2, 0) is 4.74 Å². The number of nitrogens with zero attached hydrogens (tertiary/aromatic N) is 2. The summed E-state index contributed by atoms with van der Waals surface area (Å²) in [6.45, 7) is 3.00. The van der Waals surface area contributed by atoms with Gasteiger partial charge in [-0.05, 0) is 24.3 Å². The van der Waals surface area contributed by atoms with Crippen LogP contribution in [0.4, 0.5) is 5.69 Å². The molecule has 0 spiro atoms. The number of piperazine rings is 1. The molecule has 0 bridgehead atoms. The number of ether oxygens (including phenoxy) is 2. The molecule has 2 heterocycles. The van der Waals surface area contributed by atoms with Gasteiger partial charge in [-0.25, -0.2) is 0 Å². The average Bonchev–Trinajstić information content (AvgIpc) is 3.18. The molecule has 2 aliphatic heterocycles. The maximum absolute atomic E-state index is 12.5. The molecule has 172 valence electrons. The summed E-state index contributed by atoms with van der Waals surface area (Å²) in [7, 11) is 1.67. The molecule has 32 heavy (non-hydrogen) atoms.